The molecule has 0 saturated carbocycles. The Morgan fingerprint density at radius 3 is 2.44 bits per heavy atom. The van der Waals surface area contributed by atoms with Gasteiger partial charge in [0.1, 0.15) is 5.92 Å². The van der Waals surface area contributed by atoms with Crippen LogP contribution in [0.25, 0.3) is 0 Å². The largest absolute Gasteiger partial charge is 0.468 e. The Kier molecular flexibility index (Phi) is 6.02. The number of dihydropyridines is 1. The monoisotopic (exact) mass is 451 g/mol. The van der Waals surface area contributed by atoms with E-state index < -0.39 is 23.8 Å². The van der Waals surface area contributed by atoms with E-state index in [4.69, 9.17) is 9.47 Å². The fraction of sp³-hybridized carbons (Fsp3) is 0.320. The first-order chi connectivity index (χ1) is 15.4. The number of carbonyl (C=O) groups is 3. The normalized spacial score (nSPS) is 22.9. The van der Waals surface area contributed by atoms with Crippen molar-refractivity contribution in [2.75, 3.05) is 14.2 Å². The molecule has 166 valence electrons. The molecule has 0 amide bonds. The van der Waals surface area contributed by atoms with Crippen molar-refractivity contribution in [3.8, 4) is 0 Å². The van der Waals surface area contributed by atoms with Gasteiger partial charge in [-0.05, 0) is 42.8 Å². The average Bonchev–Trinajstić information content (AvgIpc) is 3.32. The molecule has 0 saturated heterocycles. The Hall–Kier alpha value is -3.19. The number of rotatable bonds is 4. The highest BCUT2D eigenvalue weighted by Crippen LogP contribution is 2.49. The number of thiophene rings is 1. The van der Waals surface area contributed by atoms with Crippen LogP contribution in [-0.2, 0) is 23.9 Å². The first kappa shape index (κ1) is 22.0. The number of ether oxygens (including phenoxy) is 2. The Balaban J connectivity index is 1.93. The third-order valence-corrected chi connectivity index (χ3v) is 7.29. The molecule has 2 heterocycles. The minimum absolute atomic E-state index is 0.314. The Morgan fingerprint density at radius 2 is 1.81 bits per heavy atom. The molecule has 0 spiro atoms. The molecule has 0 unspecified atom stereocenters. The van der Waals surface area contributed by atoms with Gasteiger partial charge < -0.3 is 14.8 Å². The van der Waals surface area contributed by atoms with E-state index in [9.17, 15) is 14.4 Å². The Morgan fingerprint density at radius 1 is 1.06 bits per heavy atom. The summed E-state index contributed by atoms with van der Waals surface area (Å²) in [5, 5.41) is 5.23. The highest BCUT2D eigenvalue weighted by molar-refractivity contribution is 7.10. The zero-order chi connectivity index (χ0) is 23.0. The SMILES string of the molecule is COC(=O)C1=C(C)NC2=C(C(=O)[C@H](C(=O)OC)[C@H](c3cccs3)C2)[C@@H]1c1ccccc1C. The zero-order valence-corrected chi connectivity index (χ0v) is 19.2. The molecule has 1 aromatic carbocycles. The van der Waals surface area contributed by atoms with Crippen molar-refractivity contribution in [3.63, 3.8) is 0 Å². The van der Waals surface area contributed by atoms with E-state index in [1.165, 1.54) is 25.6 Å². The average molecular weight is 452 g/mol. The summed E-state index contributed by atoms with van der Waals surface area (Å²) >= 11 is 1.52. The van der Waals surface area contributed by atoms with Gasteiger partial charge in [0.2, 0.25) is 0 Å². The van der Waals surface area contributed by atoms with Crippen molar-refractivity contribution in [1.29, 1.82) is 0 Å². The lowest BCUT2D eigenvalue weighted by atomic mass is 9.68. The third-order valence-electron chi connectivity index (χ3n) is 6.29. The summed E-state index contributed by atoms with van der Waals surface area (Å²) in [6, 6.07) is 11.5. The highest BCUT2D eigenvalue weighted by atomic mass is 32.1. The second-order valence-electron chi connectivity index (χ2n) is 8.03. The smallest absolute Gasteiger partial charge is 0.336 e. The molecular weight excluding hydrogens is 426 g/mol. The molecule has 1 aliphatic carbocycles. The van der Waals surface area contributed by atoms with Crippen LogP contribution in [0.15, 0.2) is 64.3 Å². The maximum atomic E-state index is 14.0. The van der Waals surface area contributed by atoms with Gasteiger partial charge in [-0.2, -0.15) is 0 Å². The van der Waals surface area contributed by atoms with Crippen LogP contribution in [0.3, 0.4) is 0 Å². The van der Waals surface area contributed by atoms with E-state index >= 15 is 0 Å². The number of benzene rings is 1. The summed E-state index contributed by atoms with van der Waals surface area (Å²) < 4.78 is 10.1. The first-order valence-corrected chi connectivity index (χ1v) is 11.3. The Bertz CT molecular complexity index is 1140. The number of methoxy groups -OCH3 is 2. The van der Waals surface area contributed by atoms with Crippen molar-refractivity contribution in [3.05, 3.63) is 80.3 Å². The highest BCUT2D eigenvalue weighted by Gasteiger charge is 2.49. The van der Waals surface area contributed by atoms with Gasteiger partial charge in [-0.1, -0.05) is 30.3 Å². The number of carbonyl (C=O) groups excluding carboxylic acids is 3. The number of hydrogen-bond donors (Lipinski definition) is 1. The fourth-order valence-electron chi connectivity index (χ4n) is 4.80. The lowest BCUT2D eigenvalue weighted by Crippen LogP contribution is -2.43. The summed E-state index contributed by atoms with van der Waals surface area (Å²) in [5.74, 6) is -3.30. The lowest BCUT2D eigenvalue weighted by molar-refractivity contribution is -0.149. The number of ketones is 1. The molecule has 2 aliphatic rings. The maximum absolute atomic E-state index is 14.0. The summed E-state index contributed by atoms with van der Waals surface area (Å²) in [7, 11) is 2.63. The van der Waals surface area contributed by atoms with Gasteiger partial charge in [0.15, 0.2) is 5.78 Å². The number of aryl methyl sites for hydroxylation is 1. The molecule has 1 aliphatic heterocycles. The molecule has 0 bridgehead atoms. The second kappa shape index (κ2) is 8.74. The van der Waals surface area contributed by atoms with Crippen molar-refractivity contribution < 1.29 is 23.9 Å². The van der Waals surface area contributed by atoms with Crippen LogP contribution in [0.1, 0.15) is 41.2 Å². The minimum Gasteiger partial charge on any atom is -0.468 e. The molecule has 2 aromatic rings. The fourth-order valence-corrected chi connectivity index (χ4v) is 5.67. The second-order valence-corrected chi connectivity index (χ2v) is 9.01. The molecule has 0 radical (unpaired) electrons. The summed E-state index contributed by atoms with van der Waals surface area (Å²) in [5.41, 5.74) is 4.00. The number of esters is 2. The maximum Gasteiger partial charge on any atom is 0.336 e. The molecule has 0 fully saturated rings. The molecule has 1 aromatic heterocycles. The number of Topliss-reactive ketones (excluding diaryl/α,β-unsaturated/α-hetero) is 1. The van der Waals surface area contributed by atoms with E-state index in [1.807, 2.05) is 55.6 Å². The van der Waals surface area contributed by atoms with Crippen LogP contribution < -0.4 is 5.32 Å². The predicted octanol–water partition coefficient (Wildman–Crippen LogP) is 3.99. The van der Waals surface area contributed by atoms with Crippen LogP contribution in [0.2, 0.25) is 0 Å². The topological polar surface area (TPSA) is 81.7 Å². The summed E-state index contributed by atoms with van der Waals surface area (Å²) in [6.45, 7) is 3.76. The van der Waals surface area contributed by atoms with E-state index in [0.29, 0.717) is 23.3 Å². The lowest BCUT2D eigenvalue weighted by Gasteiger charge is -2.39. The standard InChI is InChI=1S/C25H25NO5S/c1-13-8-5-6-9-15(13)20-19(24(28)30-3)14(2)26-17-12-16(18-10-7-11-32-18)21(25(29)31-4)23(27)22(17)20/h5-11,16,20-21,26H,12H2,1-4H3/t16-,20+,21+/m0/s1. The van der Waals surface area contributed by atoms with Crippen LogP contribution in [0, 0.1) is 12.8 Å². The van der Waals surface area contributed by atoms with Crippen LogP contribution >= 0.6 is 11.3 Å². The van der Waals surface area contributed by atoms with Gasteiger partial charge in [0, 0.05) is 33.7 Å². The summed E-state index contributed by atoms with van der Waals surface area (Å²) in [6.07, 6.45) is 0.468. The molecule has 6 nitrogen and oxygen atoms in total. The van der Waals surface area contributed by atoms with Gasteiger partial charge in [0.25, 0.3) is 0 Å². The van der Waals surface area contributed by atoms with Crippen molar-refractivity contribution in [2.45, 2.75) is 32.1 Å². The molecule has 7 heteroatoms. The van der Waals surface area contributed by atoms with E-state index in [2.05, 4.69) is 5.32 Å². The van der Waals surface area contributed by atoms with E-state index in [-0.39, 0.29) is 11.7 Å². The predicted molar refractivity (Wildman–Crippen MR) is 121 cm³/mol. The van der Waals surface area contributed by atoms with Crippen molar-refractivity contribution in [2.24, 2.45) is 5.92 Å². The van der Waals surface area contributed by atoms with E-state index in [0.717, 1.165) is 21.7 Å². The van der Waals surface area contributed by atoms with Gasteiger partial charge in [-0.3, -0.25) is 9.59 Å². The first-order valence-electron chi connectivity index (χ1n) is 10.4. The van der Waals surface area contributed by atoms with Crippen LogP contribution in [0.5, 0.6) is 0 Å². The zero-order valence-electron chi connectivity index (χ0n) is 18.4. The Labute approximate surface area is 190 Å². The molecule has 4 rings (SSSR count). The number of nitrogens with one attached hydrogen (secondary N) is 1. The third kappa shape index (κ3) is 3.56. The molecular formula is C25H25NO5S. The van der Waals surface area contributed by atoms with Crippen LogP contribution in [-0.4, -0.2) is 31.9 Å². The van der Waals surface area contributed by atoms with Crippen molar-refractivity contribution >= 4 is 29.1 Å². The molecule has 3 atom stereocenters. The number of allylic oxidation sites excluding steroid dienone is 3. The van der Waals surface area contributed by atoms with Crippen LogP contribution in [0.4, 0.5) is 0 Å². The number of hydrogen-bond acceptors (Lipinski definition) is 7. The van der Waals surface area contributed by atoms with Gasteiger partial charge in [0.05, 0.1) is 19.8 Å². The van der Waals surface area contributed by atoms with Crippen molar-refractivity contribution in [1.82, 2.24) is 5.32 Å². The van der Waals surface area contributed by atoms with Gasteiger partial charge in [-0.15, -0.1) is 11.3 Å². The molecule has 1 N–H and O–H groups in total. The quantitative estimate of drug-likeness (QED) is 0.559. The van der Waals surface area contributed by atoms with E-state index in [1.54, 1.807) is 0 Å². The summed E-state index contributed by atoms with van der Waals surface area (Å²) in [4.78, 5) is 40.6. The van der Waals surface area contributed by atoms with Gasteiger partial charge in [-0.25, -0.2) is 4.79 Å². The van der Waals surface area contributed by atoms with Gasteiger partial charge >= 0.3 is 11.9 Å². The molecule has 32 heavy (non-hydrogen) atoms. The minimum atomic E-state index is -0.969.